The Morgan fingerprint density at radius 2 is 1.65 bits per heavy atom. The highest BCUT2D eigenvalue weighted by atomic mass is 17.3. The minimum atomic E-state index is -0.782. The zero-order chi connectivity index (χ0) is 29.8. The van der Waals surface area contributed by atoms with Crippen LogP contribution in [0.3, 0.4) is 0 Å². The molecule has 10 nitrogen and oxygen atoms in total. The highest BCUT2D eigenvalue weighted by Crippen LogP contribution is 2.60. The third-order valence-electron chi connectivity index (χ3n) is 10.7. The third kappa shape index (κ3) is 5.36. The molecule has 2 bridgehead atoms. The number of hydrogen-bond acceptors (Lipinski definition) is 9. The molecule has 6 fully saturated rings. The van der Waals surface area contributed by atoms with E-state index in [-0.39, 0.29) is 28.7 Å². The molecule has 5 saturated heterocycles. The van der Waals surface area contributed by atoms with E-state index in [1.165, 1.54) is 12.0 Å². The Morgan fingerprint density at radius 3 is 2.37 bits per heavy atom. The van der Waals surface area contributed by atoms with Crippen LogP contribution in [0.25, 0.3) is 0 Å². The molecule has 0 unspecified atom stereocenters. The van der Waals surface area contributed by atoms with Crippen LogP contribution in [0.1, 0.15) is 57.6 Å². The van der Waals surface area contributed by atoms with Gasteiger partial charge in [-0.3, -0.25) is 15.0 Å². The van der Waals surface area contributed by atoms with Crippen molar-refractivity contribution in [2.45, 2.75) is 83.6 Å². The molecule has 2 aromatic rings. The fourth-order valence-electron chi connectivity index (χ4n) is 8.19. The molecular weight excluding hydrogens is 550 g/mol. The van der Waals surface area contributed by atoms with E-state index >= 15 is 0 Å². The number of piperazine rings is 1. The molecule has 6 aliphatic rings. The summed E-state index contributed by atoms with van der Waals surface area (Å²) < 4.78 is 19.5. The van der Waals surface area contributed by atoms with Gasteiger partial charge in [0.1, 0.15) is 0 Å². The molecule has 43 heavy (non-hydrogen) atoms. The highest BCUT2D eigenvalue weighted by Gasteiger charge is 2.69. The zero-order valence-electron chi connectivity index (χ0n) is 25.4. The minimum absolute atomic E-state index is 0.127. The lowest BCUT2D eigenvalue weighted by atomic mass is 9.58. The molecule has 0 radical (unpaired) electrons. The SMILES string of the molecule is C[C@H]1[C@@H](OCc2ccc(CN3CCN(c4ccc([N+](=O)[O-])cc4)CC3)cc2)O[C@@H]2O[C@]3(C)CC[C@H]4[C@H](C)CC[C@@H]1[C@@]24OO3. The van der Waals surface area contributed by atoms with Gasteiger partial charge >= 0.3 is 0 Å². The van der Waals surface area contributed by atoms with Gasteiger partial charge in [-0.25, -0.2) is 9.78 Å². The lowest BCUT2D eigenvalue weighted by molar-refractivity contribution is -0.577. The minimum Gasteiger partial charge on any atom is -0.369 e. The summed E-state index contributed by atoms with van der Waals surface area (Å²) in [5, 5.41) is 10.9. The summed E-state index contributed by atoms with van der Waals surface area (Å²) in [5.41, 5.74) is 2.98. The van der Waals surface area contributed by atoms with Crippen LogP contribution in [0.5, 0.6) is 0 Å². The Hall–Kier alpha value is -2.60. The van der Waals surface area contributed by atoms with Crippen molar-refractivity contribution in [1.29, 1.82) is 0 Å². The van der Waals surface area contributed by atoms with Gasteiger partial charge in [0.15, 0.2) is 18.2 Å². The number of nitrogens with zero attached hydrogens (tertiary/aromatic N) is 3. The molecular formula is C33H43N3O7. The molecule has 2 aromatic carbocycles. The van der Waals surface area contributed by atoms with E-state index in [9.17, 15) is 10.1 Å². The van der Waals surface area contributed by atoms with Crippen molar-refractivity contribution < 1.29 is 28.9 Å². The fourth-order valence-corrected chi connectivity index (χ4v) is 8.19. The van der Waals surface area contributed by atoms with Crippen molar-refractivity contribution in [2.24, 2.45) is 23.7 Å². The van der Waals surface area contributed by atoms with Gasteiger partial charge in [0.25, 0.3) is 5.69 Å². The maximum Gasteiger partial charge on any atom is 0.269 e. The quantitative estimate of drug-likeness (QED) is 0.230. The first kappa shape index (κ1) is 29.1. The molecule has 0 amide bonds. The lowest BCUT2D eigenvalue weighted by Crippen LogP contribution is -2.70. The first-order valence-electron chi connectivity index (χ1n) is 15.9. The summed E-state index contributed by atoms with van der Waals surface area (Å²) in [6.45, 7) is 11.5. The molecule has 1 saturated carbocycles. The molecule has 1 spiro atoms. The standard InChI is InChI=1S/C33H43N3O7/c1-22-4-13-29-23(2)30(40-31-33(29)28(22)14-15-32(3,41-31)42-43-33)39-21-25-7-5-24(6-8-25)20-34-16-18-35(19-17-34)26-9-11-27(12-10-26)36(37)38/h5-12,22-23,28-31H,4,13-21H2,1-3H3/t22-,23-,28+,29+,30+,31-,32+,33-/m1/s1. The highest BCUT2D eigenvalue weighted by molar-refractivity contribution is 5.51. The van der Waals surface area contributed by atoms with Crippen molar-refractivity contribution in [3.05, 3.63) is 69.8 Å². The van der Waals surface area contributed by atoms with Crippen molar-refractivity contribution in [1.82, 2.24) is 4.90 Å². The summed E-state index contributed by atoms with van der Waals surface area (Å²) >= 11 is 0. The molecule has 8 atom stereocenters. The Morgan fingerprint density at radius 1 is 0.930 bits per heavy atom. The van der Waals surface area contributed by atoms with E-state index in [2.05, 4.69) is 47.9 Å². The predicted octanol–water partition coefficient (Wildman–Crippen LogP) is 5.64. The second-order valence-electron chi connectivity index (χ2n) is 13.4. The summed E-state index contributed by atoms with van der Waals surface area (Å²) in [7, 11) is 0. The maximum atomic E-state index is 10.9. The number of hydrogen-bond donors (Lipinski definition) is 0. The molecule has 0 N–H and O–H groups in total. The van der Waals surface area contributed by atoms with Gasteiger partial charge in [-0.05, 0) is 61.3 Å². The van der Waals surface area contributed by atoms with Crippen molar-refractivity contribution in [3.8, 4) is 0 Å². The summed E-state index contributed by atoms with van der Waals surface area (Å²) in [4.78, 5) is 27.5. The predicted molar refractivity (Wildman–Crippen MR) is 159 cm³/mol. The van der Waals surface area contributed by atoms with E-state index in [4.69, 9.17) is 24.0 Å². The van der Waals surface area contributed by atoms with E-state index in [0.29, 0.717) is 18.4 Å². The van der Waals surface area contributed by atoms with Crippen LogP contribution < -0.4 is 4.90 Å². The number of rotatable bonds is 7. The van der Waals surface area contributed by atoms with E-state index in [1.54, 1.807) is 12.1 Å². The van der Waals surface area contributed by atoms with Crippen LogP contribution in [0, 0.1) is 33.8 Å². The van der Waals surface area contributed by atoms with Crippen LogP contribution in [0.4, 0.5) is 11.4 Å². The van der Waals surface area contributed by atoms with Crippen LogP contribution in [0.15, 0.2) is 48.5 Å². The largest absolute Gasteiger partial charge is 0.369 e. The van der Waals surface area contributed by atoms with Gasteiger partial charge < -0.3 is 19.1 Å². The monoisotopic (exact) mass is 593 g/mol. The van der Waals surface area contributed by atoms with Crippen molar-refractivity contribution in [2.75, 3.05) is 31.1 Å². The number of benzene rings is 2. The lowest BCUT2D eigenvalue weighted by Gasteiger charge is -2.60. The average Bonchev–Trinajstić information content (AvgIpc) is 3.25. The molecule has 232 valence electrons. The van der Waals surface area contributed by atoms with E-state index in [1.807, 2.05) is 19.1 Å². The number of non-ortho nitro benzene ring substituents is 1. The van der Waals surface area contributed by atoms with Crippen LogP contribution >= 0.6 is 0 Å². The third-order valence-corrected chi connectivity index (χ3v) is 10.7. The number of fused-ring (bicyclic) bond motifs is 2. The molecule has 0 aromatic heterocycles. The van der Waals surface area contributed by atoms with Gasteiger partial charge in [0.05, 0.1) is 11.5 Å². The number of nitro benzene ring substituents is 1. The Kier molecular flexibility index (Phi) is 7.72. The molecule has 8 rings (SSSR count). The van der Waals surface area contributed by atoms with Gasteiger partial charge in [-0.2, -0.15) is 0 Å². The smallest absolute Gasteiger partial charge is 0.269 e. The van der Waals surface area contributed by atoms with Crippen molar-refractivity contribution >= 4 is 11.4 Å². The van der Waals surface area contributed by atoms with Crippen LogP contribution in [0.2, 0.25) is 0 Å². The first-order chi connectivity index (χ1) is 20.7. The van der Waals surface area contributed by atoms with E-state index < -0.39 is 17.7 Å². The molecule has 1 aliphatic carbocycles. The Balaban J connectivity index is 0.932. The van der Waals surface area contributed by atoms with Gasteiger partial charge in [-0.15, -0.1) is 0 Å². The number of anilines is 1. The average molecular weight is 594 g/mol. The Bertz CT molecular complexity index is 1300. The normalized spacial score (nSPS) is 37.5. The second-order valence-corrected chi connectivity index (χ2v) is 13.4. The topological polar surface area (TPSA) is 95.8 Å². The summed E-state index contributed by atoms with van der Waals surface area (Å²) in [6.07, 6.45) is 3.20. The fraction of sp³-hybridized carbons (Fsp3) is 0.636. The van der Waals surface area contributed by atoms with Crippen LogP contribution in [-0.2, 0) is 37.1 Å². The Labute approximate surface area is 253 Å². The zero-order valence-corrected chi connectivity index (χ0v) is 25.4. The first-order valence-corrected chi connectivity index (χ1v) is 15.9. The van der Waals surface area contributed by atoms with Gasteiger partial charge in [0.2, 0.25) is 5.79 Å². The number of nitro groups is 1. The summed E-state index contributed by atoms with van der Waals surface area (Å²) in [5.74, 6) is 0.516. The van der Waals surface area contributed by atoms with Crippen molar-refractivity contribution in [3.63, 3.8) is 0 Å². The molecule has 5 aliphatic heterocycles. The number of ether oxygens (including phenoxy) is 3. The molecule has 10 heteroatoms. The second kappa shape index (κ2) is 11.4. The molecule has 5 heterocycles. The maximum absolute atomic E-state index is 10.9. The van der Waals surface area contributed by atoms with Gasteiger partial charge in [-0.1, -0.05) is 38.1 Å². The summed E-state index contributed by atoms with van der Waals surface area (Å²) in [6, 6.07) is 15.5. The van der Waals surface area contributed by atoms with Crippen LogP contribution in [-0.4, -0.2) is 60.0 Å². The van der Waals surface area contributed by atoms with Gasteiger partial charge in [0, 0.05) is 68.8 Å². The van der Waals surface area contributed by atoms with E-state index in [0.717, 1.165) is 63.2 Å².